The molecule has 1 aliphatic rings. The van der Waals surface area contributed by atoms with E-state index in [1.54, 1.807) is 17.7 Å². The third kappa shape index (κ3) is 2.72. The number of H-pyrrole nitrogens is 3. The van der Waals surface area contributed by atoms with Crippen molar-refractivity contribution in [2.24, 2.45) is 0 Å². The summed E-state index contributed by atoms with van der Waals surface area (Å²) in [4.78, 5) is 16.9. The summed E-state index contributed by atoms with van der Waals surface area (Å²) in [5.74, 6) is 1.79. The van der Waals surface area contributed by atoms with Crippen molar-refractivity contribution in [1.82, 2.24) is 24.7 Å². The number of aromatic hydroxyl groups is 1. The molecule has 3 heterocycles. The normalized spacial score (nSPS) is 13.7. The zero-order chi connectivity index (χ0) is 21.0. The highest BCUT2D eigenvalue weighted by Crippen LogP contribution is 2.32. The average molecular weight is 423 g/mol. The standard InChI is InChI=1S/C20H17N5O4S/c1-9-6-10-14(4-3-5-16(28-2)17(10)29-9)25-18(23-24-20(25)30)11-7-12-13(8-15(11)26)22-19(27)21-12/h3-4,6-8,26H,5H2,1-2H3,(H,24,30)(H2,21,22,27). The second-order valence-electron chi connectivity index (χ2n) is 6.90. The smallest absolute Gasteiger partial charge is 0.323 e. The summed E-state index contributed by atoms with van der Waals surface area (Å²) in [5, 5.41) is 18.6. The lowest BCUT2D eigenvalue weighted by Crippen LogP contribution is -2.27. The molecule has 0 atom stereocenters. The van der Waals surface area contributed by atoms with E-state index in [9.17, 15) is 9.90 Å². The van der Waals surface area contributed by atoms with Gasteiger partial charge in [0.25, 0.3) is 0 Å². The van der Waals surface area contributed by atoms with Crippen molar-refractivity contribution in [3.05, 3.63) is 62.0 Å². The zero-order valence-electron chi connectivity index (χ0n) is 16.1. The minimum Gasteiger partial charge on any atom is -0.507 e. The summed E-state index contributed by atoms with van der Waals surface area (Å²) in [6, 6.07) is 5.03. The van der Waals surface area contributed by atoms with Crippen LogP contribution in [0.25, 0.3) is 33.9 Å². The SMILES string of the molecule is COC1=c2oc(C)cc2=C(n2c(-c3cc4[nH]c(=O)[nH]c4cc3O)n[nH]c2=S)C=CC1. The molecule has 0 saturated carbocycles. The lowest BCUT2D eigenvalue weighted by molar-refractivity contribution is 0.338. The topological polar surface area (TPSA) is 125 Å². The molecule has 0 fully saturated rings. The van der Waals surface area contributed by atoms with Crippen LogP contribution in [0.2, 0.25) is 0 Å². The van der Waals surface area contributed by atoms with Crippen molar-refractivity contribution in [2.45, 2.75) is 13.3 Å². The van der Waals surface area contributed by atoms with Crippen LogP contribution in [0.1, 0.15) is 12.2 Å². The molecule has 4 aromatic rings. The molecular formula is C20H17N5O4S. The van der Waals surface area contributed by atoms with Gasteiger partial charge in [0.15, 0.2) is 16.0 Å². The number of hydrogen-bond donors (Lipinski definition) is 4. The number of rotatable bonds is 3. The minimum absolute atomic E-state index is 0.0426. The van der Waals surface area contributed by atoms with Crippen LogP contribution < -0.4 is 16.3 Å². The number of furan rings is 1. The van der Waals surface area contributed by atoms with Gasteiger partial charge in [0.2, 0.25) is 0 Å². The number of hydrogen-bond acceptors (Lipinski definition) is 6. The quantitative estimate of drug-likeness (QED) is 0.372. The van der Waals surface area contributed by atoms with Crippen LogP contribution in [0, 0.1) is 11.7 Å². The highest BCUT2D eigenvalue weighted by Gasteiger charge is 2.19. The number of phenolic OH excluding ortho intramolecular Hbond substituents is 1. The molecule has 4 N–H and O–H groups in total. The molecule has 0 radical (unpaired) electrons. The van der Waals surface area contributed by atoms with Gasteiger partial charge in [-0.1, -0.05) is 6.08 Å². The van der Waals surface area contributed by atoms with Gasteiger partial charge in [-0.2, -0.15) is 5.10 Å². The Morgan fingerprint density at radius 2 is 2.03 bits per heavy atom. The van der Waals surface area contributed by atoms with E-state index in [-0.39, 0.29) is 11.4 Å². The number of phenols is 1. The number of benzene rings is 1. The van der Waals surface area contributed by atoms with Gasteiger partial charge in [-0.15, -0.1) is 0 Å². The van der Waals surface area contributed by atoms with Crippen LogP contribution in [-0.4, -0.2) is 36.9 Å². The van der Waals surface area contributed by atoms with Crippen LogP contribution in [-0.2, 0) is 4.74 Å². The molecule has 152 valence electrons. The van der Waals surface area contributed by atoms with Gasteiger partial charge in [-0.25, -0.2) is 4.79 Å². The third-order valence-corrected chi connectivity index (χ3v) is 5.27. The Labute approximate surface area is 173 Å². The van der Waals surface area contributed by atoms with E-state index in [2.05, 4.69) is 20.2 Å². The predicted molar refractivity (Wildman–Crippen MR) is 113 cm³/mol. The van der Waals surface area contributed by atoms with Crippen LogP contribution in [0.3, 0.4) is 0 Å². The molecule has 5 rings (SSSR count). The number of aromatic amines is 3. The second kappa shape index (κ2) is 6.63. The molecule has 0 bridgehead atoms. The lowest BCUT2D eigenvalue weighted by atomic mass is 10.1. The fourth-order valence-corrected chi connectivity index (χ4v) is 3.92. The number of methoxy groups -OCH3 is 1. The Balaban J connectivity index is 1.86. The molecule has 9 nitrogen and oxygen atoms in total. The van der Waals surface area contributed by atoms with Crippen LogP contribution in [0.5, 0.6) is 5.75 Å². The van der Waals surface area contributed by atoms with E-state index in [4.69, 9.17) is 21.4 Å². The Hall–Kier alpha value is -3.79. The first-order valence-corrected chi connectivity index (χ1v) is 9.54. The minimum atomic E-state index is -0.359. The third-order valence-electron chi connectivity index (χ3n) is 5.00. The fraction of sp³-hybridized carbons (Fsp3) is 0.150. The molecule has 10 heteroatoms. The first-order valence-electron chi connectivity index (χ1n) is 9.14. The van der Waals surface area contributed by atoms with Gasteiger partial charge in [0.1, 0.15) is 17.3 Å². The van der Waals surface area contributed by atoms with Gasteiger partial charge in [0, 0.05) is 17.7 Å². The van der Waals surface area contributed by atoms with Crippen LogP contribution in [0.4, 0.5) is 0 Å². The number of fused-ring (bicyclic) bond motifs is 2. The Morgan fingerprint density at radius 1 is 1.27 bits per heavy atom. The van der Waals surface area contributed by atoms with E-state index in [0.29, 0.717) is 44.8 Å². The highest BCUT2D eigenvalue weighted by molar-refractivity contribution is 7.71. The summed E-state index contributed by atoms with van der Waals surface area (Å²) in [6.45, 7) is 1.86. The second-order valence-corrected chi connectivity index (χ2v) is 7.29. The predicted octanol–water partition coefficient (Wildman–Crippen LogP) is 1.76. The maximum atomic E-state index is 11.6. The van der Waals surface area contributed by atoms with Crippen molar-refractivity contribution >= 4 is 34.7 Å². The fourth-order valence-electron chi connectivity index (χ4n) is 3.69. The maximum absolute atomic E-state index is 11.6. The highest BCUT2D eigenvalue weighted by atomic mass is 32.1. The number of allylic oxidation sites excluding steroid dienone is 1. The van der Waals surface area contributed by atoms with E-state index in [1.807, 2.05) is 25.1 Å². The number of ether oxygens (including phenoxy) is 1. The monoisotopic (exact) mass is 423 g/mol. The van der Waals surface area contributed by atoms with Crippen molar-refractivity contribution in [2.75, 3.05) is 7.11 Å². The first-order chi connectivity index (χ1) is 14.5. The summed E-state index contributed by atoms with van der Waals surface area (Å²) < 4.78 is 13.5. The van der Waals surface area contributed by atoms with Crippen molar-refractivity contribution in [1.29, 1.82) is 0 Å². The van der Waals surface area contributed by atoms with Crippen LogP contribution >= 0.6 is 12.2 Å². The molecule has 0 aliphatic heterocycles. The van der Waals surface area contributed by atoms with E-state index < -0.39 is 0 Å². The largest absolute Gasteiger partial charge is 0.507 e. The number of aryl methyl sites for hydroxylation is 1. The number of nitrogens with zero attached hydrogens (tertiary/aromatic N) is 2. The van der Waals surface area contributed by atoms with E-state index >= 15 is 0 Å². The van der Waals surface area contributed by atoms with Crippen molar-refractivity contribution < 1.29 is 14.3 Å². The van der Waals surface area contributed by atoms with Gasteiger partial charge >= 0.3 is 5.69 Å². The molecule has 30 heavy (non-hydrogen) atoms. The zero-order valence-corrected chi connectivity index (χ0v) is 16.9. The Bertz CT molecular complexity index is 1580. The Morgan fingerprint density at radius 3 is 2.80 bits per heavy atom. The molecule has 1 aliphatic carbocycles. The summed E-state index contributed by atoms with van der Waals surface area (Å²) in [5.41, 5.74) is 2.44. The van der Waals surface area contributed by atoms with Gasteiger partial charge in [-0.3, -0.25) is 9.67 Å². The first kappa shape index (κ1) is 18.3. The van der Waals surface area contributed by atoms with E-state index in [1.165, 1.54) is 6.07 Å². The molecule has 0 saturated heterocycles. The maximum Gasteiger partial charge on any atom is 0.323 e. The number of imidazole rings is 1. The van der Waals surface area contributed by atoms with Crippen LogP contribution in [0.15, 0.2) is 39.6 Å². The molecule has 1 aromatic carbocycles. The summed E-state index contributed by atoms with van der Waals surface area (Å²) in [7, 11) is 1.61. The average Bonchev–Trinajstić information content (AvgIpc) is 3.35. The molecular weight excluding hydrogens is 406 g/mol. The van der Waals surface area contributed by atoms with Gasteiger partial charge < -0.3 is 24.2 Å². The van der Waals surface area contributed by atoms with E-state index in [0.717, 1.165) is 16.7 Å². The molecule has 0 amide bonds. The number of aromatic nitrogens is 5. The molecule has 0 spiro atoms. The van der Waals surface area contributed by atoms with Gasteiger partial charge in [-0.05, 0) is 37.4 Å². The lowest BCUT2D eigenvalue weighted by Gasteiger charge is -2.09. The van der Waals surface area contributed by atoms with Crippen molar-refractivity contribution in [3.8, 4) is 17.1 Å². The molecule has 0 unspecified atom stereocenters. The molecule has 3 aromatic heterocycles. The Kier molecular flexibility index (Phi) is 4.03. The number of nitrogens with one attached hydrogen (secondary N) is 3. The summed E-state index contributed by atoms with van der Waals surface area (Å²) in [6.07, 6.45) is 4.43. The van der Waals surface area contributed by atoms with Gasteiger partial charge in [0.05, 0.1) is 29.4 Å². The summed E-state index contributed by atoms with van der Waals surface area (Å²) >= 11 is 5.51. The van der Waals surface area contributed by atoms with Crippen molar-refractivity contribution in [3.63, 3.8) is 0 Å².